The van der Waals surface area contributed by atoms with Gasteiger partial charge in [0.05, 0.1) is 35.7 Å². The molecule has 5 N–H and O–H groups in total. The van der Waals surface area contributed by atoms with Crippen LogP contribution in [0.1, 0.15) is 35.0 Å². The average molecular weight is 611 g/mol. The van der Waals surface area contributed by atoms with Crippen molar-refractivity contribution < 1.29 is 27.9 Å². The Balaban J connectivity index is 1.29. The highest BCUT2D eigenvalue weighted by Crippen LogP contribution is 2.37. The molecule has 4 heterocycles. The second kappa shape index (κ2) is 12.7. The number of halogens is 3. The second-order valence-corrected chi connectivity index (χ2v) is 10.1. The van der Waals surface area contributed by atoms with Gasteiger partial charge >= 0.3 is 6.18 Å². The monoisotopic (exact) mass is 610 g/mol. The fourth-order valence-corrected chi connectivity index (χ4v) is 5.00. The lowest BCUT2D eigenvalue weighted by atomic mass is 10.0. The van der Waals surface area contributed by atoms with Crippen molar-refractivity contribution in [2.75, 3.05) is 25.0 Å². The number of aromatic nitrogens is 5. The minimum atomic E-state index is -4.75. The Hall–Kier alpha value is -5.01. The number of hydrogen-bond donors (Lipinski definition) is 5. The summed E-state index contributed by atoms with van der Waals surface area (Å²) < 4.78 is 43.6. The third kappa shape index (κ3) is 6.48. The van der Waals surface area contributed by atoms with Gasteiger partial charge in [0.25, 0.3) is 5.91 Å². The van der Waals surface area contributed by atoms with E-state index in [2.05, 4.69) is 36.3 Å². The molecular weight excluding hydrogens is 581 g/mol. The molecule has 0 radical (unpaired) electrons. The van der Waals surface area contributed by atoms with Crippen LogP contribution in [0, 0.1) is 11.3 Å². The van der Waals surface area contributed by atoms with Crippen LogP contribution in [0.25, 0.3) is 16.9 Å². The van der Waals surface area contributed by atoms with Crippen LogP contribution in [-0.4, -0.2) is 72.9 Å². The van der Waals surface area contributed by atoms with E-state index in [1.165, 1.54) is 23.0 Å². The molecule has 1 aliphatic rings. The van der Waals surface area contributed by atoms with Crippen LogP contribution < -0.4 is 21.3 Å². The predicted octanol–water partition coefficient (Wildman–Crippen LogP) is 2.01. The Bertz CT molecular complexity index is 1730. The topological polar surface area (TPSA) is 174 Å². The smallest absolute Gasteiger partial charge is 0.392 e. The standard InChI is InChI=1S/C28H29F3N10O3/c1-2-16-11-17(3-4-19(16)26(43)34-6-7-35-27(44)21-12-18(42)13-36-21)38-24-25-37-14-22(41(25)10-8-33-24)20-15-40(9-5-32)39-23(20)28(29,30)31/h3-4,8,10-11,14-15,18,21,36,42H,2,6-7,9,12-13H2,1H3,(H,33,38)(H,34,43)(H,35,44)/t18-,21+/m1/s1. The van der Waals surface area contributed by atoms with Gasteiger partial charge in [-0.25, -0.2) is 9.97 Å². The second-order valence-electron chi connectivity index (χ2n) is 10.1. The normalized spacial score (nSPS) is 16.5. The van der Waals surface area contributed by atoms with Gasteiger partial charge in [-0.2, -0.15) is 23.5 Å². The van der Waals surface area contributed by atoms with E-state index in [1.807, 2.05) is 6.92 Å². The lowest BCUT2D eigenvalue weighted by molar-refractivity contribution is -0.141. The minimum absolute atomic E-state index is 0.122. The third-order valence-corrected chi connectivity index (χ3v) is 7.09. The van der Waals surface area contributed by atoms with Crippen LogP contribution in [0.4, 0.5) is 24.7 Å². The first-order chi connectivity index (χ1) is 21.1. The molecule has 13 nitrogen and oxygen atoms in total. The number of β-amino-alcohol motifs (C(OH)–C–C–N with tert-alkyl or cyclic N) is 1. The van der Waals surface area contributed by atoms with Crippen LogP contribution in [0.2, 0.25) is 0 Å². The Morgan fingerprint density at radius 3 is 2.73 bits per heavy atom. The van der Waals surface area contributed by atoms with Crippen LogP contribution in [0.15, 0.2) is 43.0 Å². The summed E-state index contributed by atoms with van der Waals surface area (Å²) in [5, 5.41) is 33.6. The van der Waals surface area contributed by atoms with Gasteiger partial charge in [0.2, 0.25) is 5.91 Å². The van der Waals surface area contributed by atoms with Crippen molar-refractivity contribution in [1.29, 1.82) is 5.26 Å². The molecule has 2 atom stereocenters. The maximum Gasteiger partial charge on any atom is 0.435 e. The number of nitriles is 1. The van der Waals surface area contributed by atoms with Gasteiger partial charge in [-0.05, 0) is 36.6 Å². The Morgan fingerprint density at radius 1 is 1.23 bits per heavy atom. The number of hydrogen-bond acceptors (Lipinski definition) is 9. The molecule has 0 bridgehead atoms. The molecule has 2 amide bonds. The van der Waals surface area contributed by atoms with Crippen molar-refractivity contribution in [3.63, 3.8) is 0 Å². The maximum atomic E-state index is 13.7. The van der Waals surface area contributed by atoms with Gasteiger partial charge in [0, 0.05) is 49.5 Å². The van der Waals surface area contributed by atoms with E-state index in [-0.39, 0.29) is 54.2 Å². The molecule has 1 aliphatic heterocycles. The number of anilines is 2. The highest BCUT2D eigenvalue weighted by Gasteiger charge is 2.38. The lowest BCUT2D eigenvalue weighted by Gasteiger charge is -2.14. The van der Waals surface area contributed by atoms with Gasteiger partial charge in [-0.1, -0.05) is 6.92 Å². The molecule has 1 fully saturated rings. The molecule has 3 aromatic heterocycles. The summed E-state index contributed by atoms with van der Waals surface area (Å²) in [7, 11) is 0. The zero-order valence-electron chi connectivity index (χ0n) is 23.5. The molecular formula is C28H29F3N10O3. The number of fused-ring (bicyclic) bond motifs is 1. The summed E-state index contributed by atoms with van der Waals surface area (Å²) in [6.45, 7) is 2.35. The van der Waals surface area contributed by atoms with Crippen molar-refractivity contribution in [1.82, 2.24) is 40.1 Å². The summed E-state index contributed by atoms with van der Waals surface area (Å²) in [5.74, 6) is -0.271. The zero-order chi connectivity index (χ0) is 31.4. The van der Waals surface area contributed by atoms with Crippen molar-refractivity contribution in [3.8, 4) is 17.3 Å². The summed E-state index contributed by atoms with van der Waals surface area (Å²) in [5.41, 5.74) is 0.791. The molecule has 4 aromatic rings. The van der Waals surface area contributed by atoms with Gasteiger partial charge in [-0.3, -0.25) is 18.7 Å². The minimum Gasteiger partial charge on any atom is -0.392 e. The predicted molar refractivity (Wildman–Crippen MR) is 152 cm³/mol. The summed E-state index contributed by atoms with van der Waals surface area (Å²) in [6, 6.07) is 6.43. The molecule has 0 saturated carbocycles. The SMILES string of the molecule is CCc1cc(Nc2nccn3c(-c4cn(CC#N)nc4C(F)(F)F)cnc23)ccc1C(=O)NCCNC(=O)[C@@H]1C[C@@H](O)CN1. The van der Waals surface area contributed by atoms with E-state index in [4.69, 9.17) is 5.26 Å². The largest absolute Gasteiger partial charge is 0.435 e. The van der Waals surface area contributed by atoms with Gasteiger partial charge in [0.1, 0.15) is 6.54 Å². The van der Waals surface area contributed by atoms with Crippen LogP contribution in [-0.2, 0) is 23.9 Å². The molecule has 44 heavy (non-hydrogen) atoms. The van der Waals surface area contributed by atoms with Crippen molar-refractivity contribution in [2.45, 2.75) is 44.6 Å². The zero-order valence-corrected chi connectivity index (χ0v) is 23.5. The number of imidazole rings is 1. The van der Waals surface area contributed by atoms with E-state index in [1.54, 1.807) is 24.3 Å². The molecule has 16 heteroatoms. The number of nitrogens with zero attached hydrogens (tertiary/aromatic N) is 6. The quantitative estimate of drug-likeness (QED) is 0.168. The summed E-state index contributed by atoms with van der Waals surface area (Å²) in [4.78, 5) is 33.6. The number of amides is 2. The number of aliphatic hydroxyl groups is 1. The Morgan fingerprint density at radius 2 is 2.02 bits per heavy atom. The summed E-state index contributed by atoms with van der Waals surface area (Å²) in [6.07, 6.45) is 0.921. The van der Waals surface area contributed by atoms with E-state index >= 15 is 0 Å². The lowest BCUT2D eigenvalue weighted by Crippen LogP contribution is -2.43. The van der Waals surface area contributed by atoms with Crippen LogP contribution in [0.3, 0.4) is 0 Å². The highest BCUT2D eigenvalue weighted by atomic mass is 19.4. The average Bonchev–Trinajstić information content (AvgIpc) is 3.73. The van der Waals surface area contributed by atoms with E-state index in [0.29, 0.717) is 30.6 Å². The molecule has 230 valence electrons. The Labute approximate surface area is 249 Å². The maximum absolute atomic E-state index is 13.7. The number of benzene rings is 1. The van der Waals surface area contributed by atoms with Gasteiger partial charge in [0.15, 0.2) is 17.2 Å². The van der Waals surface area contributed by atoms with Crippen molar-refractivity contribution in [2.24, 2.45) is 0 Å². The first kappa shape index (κ1) is 30.4. The first-order valence-electron chi connectivity index (χ1n) is 13.8. The van der Waals surface area contributed by atoms with E-state index in [0.717, 1.165) is 16.4 Å². The van der Waals surface area contributed by atoms with Crippen molar-refractivity contribution in [3.05, 3.63) is 59.8 Å². The van der Waals surface area contributed by atoms with Crippen LogP contribution in [0.5, 0.6) is 0 Å². The molecule has 1 saturated heterocycles. The Kier molecular flexibility index (Phi) is 8.78. The molecule has 0 aliphatic carbocycles. The number of carbonyl (C=O) groups excluding carboxylic acids is 2. The molecule has 1 aromatic carbocycles. The molecule has 0 spiro atoms. The van der Waals surface area contributed by atoms with Gasteiger partial charge < -0.3 is 26.4 Å². The summed E-state index contributed by atoms with van der Waals surface area (Å²) >= 11 is 0. The van der Waals surface area contributed by atoms with E-state index < -0.39 is 24.0 Å². The number of rotatable bonds is 10. The number of aryl methyl sites for hydroxylation is 1. The fraction of sp³-hybridized carbons (Fsp3) is 0.357. The van der Waals surface area contributed by atoms with Gasteiger partial charge in [-0.15, -0.1) is 0 Å². The fourth-order valence-electron chi connectivity index (χ4n) is 5.00. The van der Waals surface area contributed by atoms with E-state index in [9.17, 15) is 27.9 Å². The molecule has 5 rings (SSSR count). The van der Waals surface area contributed by atoms with Crippen LogP contribution >= 0.6 is 0 Å². The highest BCUT2D eigenvalue weighted by molar-refractivity contribution is 5.96. The molecule has 0 unspecified atom stereocenters. The number of aliphatic hydroxyl groups excluding tert-OH is 1. The number of carbonyl (C=O) groups is 2. The number of alkyl halides is 3. The first-order valence-corrected chi connectivity index (χ1v) is 13.8. The third-order valence-electron chi connectivity index (χ3n) is 7.09. The number of nitrogens with one attached hydrogen (secondary N) is 4. The van der Waals surface area contributed by atoms with Crippen molar-refractivity contribution >= 4 is 29.0 Å².